The summed E-state index contributed by atoms with van der Waals surface area (Å²) in [7, 11) is 2.02. The molecular weight excluding hydrogens is 292 g/mol. The van der Waals surface area contributed by atoms with Crippen molar-refractivity contribution in [3.8, 4) is 0 Å². The zero-order chi connectivity index (χ0) is 13.1. The molecule has 1 atom stereocenters. The second-order valence-electron chi connectivity index (χ2n) is 4.95. The number of anilines is 1. The zero-order valence-corrected chi connectivity index (χ0v) is 12.5. The number of likely N-dealkylation sites (tertiary alicyclic amines) is 1. The Labute approximate surface area is 117 Å². The van der Waals surface area contributed by atoms with Gasteiger partial charge in [-0.2, -0.15) is 0 Å². The SMILES string of the molecule is Cc1cc(NC(=O)C2CCCCN2C)ccc1Br. The Morgan fingerprint density at radius 2 is 2.22 bits per heavy atom. The summed E-state index contributed by atoms with van der Waals surface area (Å²) in [6.07, 6.45) is 3.29. The normalized spacial score (nSPS) is 20.7. The third kappa shape index (κ3) is 3.12. The largest absolute Gasteiger partial charge is 0.325 e. The highest BCUT2D eigenvalue weighted by Gasteiger charge is 2.25. The molecule has 0 spiro atoms. The first-order chi connectivity index (χ1) is 8.58. The highest BCUT2D eigenvalue weighted by molar-refractivity contribution is 9.10. The molecule has 0 radical (unpaired) electrons. The monoisotopic (exact) mass is 310 g/mol. The number of halogens is 1. The van der Waals surface area contributed by atoms with Gasteiger partial charge >= 0.3 is 0 Å². The molecule has 1 saturated heterocycles. The van der Waals surface area contributed by atoms with Crippen LogP contribution in [0.5, 0.6) is 0 Å². The van der Waals surface area contributed by atoms with Crippen molar-refractivity contribution < 1.29 is 4.79 Å². The predicted octanol–water partition coefficient (Wildman–Crippen LogP) is 3.18. The summed E-state index contributed by atoms with van der Waals surface area (Å²) >= 11 is 3.46. The third-order valence-corrected chi connectivity index (χ3v) is 4.39. The van der Waals surface area contributed by atoms with Gasteiger partial charge in [-0.3, -0.25) is 9.69 Å². The van der Waals surface area contributed by atoms with Crippen molar-refractivity contribution in [1.82, 2.24) is 4.90 Å². The maximum absolute atomic E-state index is 12.2. The van der Waals surface area contributed by atoms with Gasteiger partial charge in [-0.15, -0.1) is 0 Å². The molecule has 2 rings (SSSR count). The molecule has 0 aromatic heterocycles. The highest BCUT2D eigenvalue weighted by atomic mass is 79.9. The lowest BCUT2D eigenvalue weighted by Crippen LogP contribution is -2.44. The number of amides is 1. The minimum atomic E-state index is 0.0164. The van der Waals surface area contributed by atoms with Crippen molar-refractivity contribution in [2.24, 2.45) is 0 Å². The number of likely N-dealkylation sites (N-methyl/N-ethyl adjacent to an activating group) is 1. The van der Waals surface area contributed by atoms with E-state index in [1.165, 1.54) is 6.42 Å². The summed E-state index contributed by atoms with van der Waals surface area (Å²) < 4.78 is 1.07. The molecule has 0 aliphatic carbocycles. The molecule has 0 saturated carbocycles. The Bertz CT molecular complexity index is 447. The lowest BCUT2D eigenvalue weighted by molar-refractivity contribution is -0.121. The summed E-state index contributed by atoms with van der Waals surface area (Å²) in [5.41, 5.74) is 2.00. The molecule has 0 bridgehead atoms. The Morgan fingerprint density at radius 3 is 2.89 bits per heavy atom. The van der Waals surface area contributed by atoms with Crippen molar-refractivity contribution in [3.05, 3.63) is 28.2 Å². The minimum absolute atomic E-state index is 0.0164. The van der Waals surface area contributed by atoms with E-state index in [1.807, 2.05) is 32.2 Å². The van der Waals surface area contributed by atoms with Crippen LogP contribution in [0, 0.1) is 6.92 Å². The molecule has 1 aliphatic rings. The van der Waals surface area contributed by atoms with Crippen molar-refractivity contribution in [1.29, 1.82) is 0 Å². The van der Waals surface area contributed by atoms with Crippen molar-refractivity contribution >= 4 is 27.5 Å². The molecule has 3 nitrogen and oxygen atoms in total. The van der Waals surface area contributed by atoms with Crippen LogP contribution in [0.15, 0.2) is 22.7 Å². The fourth-order valence-corrected chi connectivity index (χ4v) is 2.60. The molecule has 1 N–H and O–H groups in total. The number of rotatable bonds is 2. The summed E-state index contributed by atoms with van der Waals surface area (Å²) in [5.74, 6) is 0.110. The van der Waals surface area contributed by atoms with Crippen LogP contribution in [-0.2, 0) is 4.79 Å². The summed E-state index contributed by atoms with van der Waals surface area (Å²) in [6.45, 7) is 3.03. The van der Waals surface area contributed by atoms with E-state index in [9.17, 15) is 4.79 Å². The van der Waals surface area contributed by atoms with E-state index in [-0.39, 0.29) is 11.9 Å². The molecule has 98 valence electrons. The highest BCUT2D eigenvalue weighted by Crippen LogP contribution is 2.21. The standard InChI is InChI=1S/C14H19BrN2O/c1-10-9-11(6-7-12(10)15)16-14(18)13-5-3-4-8-17(13)2/h6-7,9,13H,3-5,8H2,1-2H3,(H,16,18). The topological polar surface area (TPSA) is 32.3 Å². The van der Waals surface area contributed by atoms with Gasteiger partial charge in [-0.05, 0) is 57.1 Å². The molecule has 1 aromatic carbocycles. The number of carbonyl (C=O) groups is 1. The maximum atomic E-state index is 12.2. The molecule has 1 unspecified atom stereocenters. The first-order valence-corrected chi connectivity index (χ1v) is 7.14. The Kier molecular flexibility index (Phi) is 4.40. The van der Waals surface area contributed by atoms with Gasteiger partial charge in [-0.25, -0.2) is 0 Å². The van der Waals surface area contributed by atoms with Crippen molar-refractivity contribution in [2.75, 3.05) is 18.9 Å². The van der Waals surface area contributed by atoms with E-state index < -0.39 is 0 Å². The van der Waals surface area contributed by atoms with Gasteiger partial charge in [-0.1, -0.05) is 22.4 Å². The van der Waals surface area contributed by atoms with Crippen molar-refractivity contribution in [2.45, 2.75) is 32.2 Å². The van der Waals surface area contributed by atoms with Gasteiger partial charge in [0.05, 0.1) is 6.04 Å². The summed E-state index contributed by atoms with van der Waals surface area (Å²) in [4.78, 5) is 14.4. The molecule has 1 aliphatic heterocycles. The Balaban J connectivity index is 2.04. The molecule has 1 aromatic rings. The predicted molar refractivity (Wildman–Crippen MR) is 77.8 cm³/mol. The van der Waals surface area contributed by atoms with Gasteiger partial charge in [0.25, 0.3) is 0 Å². The van der Waals surface area contributed by atoms with Gasteiger partial charge in [0.1, 0.15) is 0 Å². The van der Waals surface area contributed by atoms with Gasteiger partial charge in [0.2, 0.25) is 5.91 Å². The van der Waals surface area contributed by atoms with Gasteiger partial charge in [0, 0.05) is 10.2 Å². The minimum Gasteiger partial charge on any atom is -0.325 e. The van der Waals surface area contributed by atoms with Crippen LogP contribution in [0.4, 0.5) is 5.69 Å². The van der Waals surface area contributed by atoms with Crippen molar-refractivity contribution in [3.63, 3.8) is 0 Å². The number of benzene rings is 1. The lowest BCUT2D eigenvalue weighted by atomic mass is 10.0. The number of hydrogen-bond donors (Lipinski definition) is 1. The number of hydrogen-bond acceptors (Lipinski definition) is 2. The van der Waals surface area contributed by atoms with E-state index in [1.54, 1.807) is 0 Å². The number of aryl methyl sites for hydroxylation is 1. The van der Waals surface area contributed by atoms with Crippen LogP contribution in [0.25, 0.3) is 0 Å². The smallest absolute Gasteiger partial charge is 0.241 e. The molecule has 1 amide bonds. The number of carbonyl (C=O) groups excluding carboxylic acids is 1. The van der Waals surface area contributed by atoms with E-state index in [4.69, 9.17) is 0 Å². The molecule has 1 fully saturated rings. The van der Waals surface area contributed by atoms with Crippen LogP contribution in [0.1, 0.15) is 24.8 Å². The molecular formula is C14H19BrN2O. The van der Waals surface area contributed by atoms with E-state index >= 15 is 0 Å². The third-order valence-electron chi connectivity index (χ3n) is 3.50. The van der Waals surface area contributed by atoms with E-state index in [0.717, 1.165) is 35.1 Å². The fraction of sp³-hybridized carbons (Fsp3) is 0.500. The molecule has 1 heterocycles. The van der Waals surface area contributed by atoms with Crippen LogP contribution < -0.4 is 5.32 Å². The number of nitrogens with one attached hydrogen (secondary N) is 1. The number of nitrogens with zero attached hydrogens (tertiary/aromatic N) is 1. The van der Waals surface area contributed by atoms with E-state index in [2.05, 4.69) is 26.1 Å². The molecule has 4 heteroatoms. The zero-order valence-electron chi connectivity index (χ0n) is 10.9. The quantitative estimate of drug-likeness (QED) is 0.910. The first kappa shape index (κ1) is 13.6. The van der Waals surface area contributed by atoms with E-state index in [0.29, 0.717) is 0 Å². The fourth-order valence-electron chi connectivity index (χ4n) is 2.35. The maximum Gasteiger partial charge on any atom is 0.241 e. The van der Waals surface area contributed by atoms with Crippen LogP contribution in [0.3, 0.4) is 0 Å². The van der Waals surface area contributed by atoms with Crippen LogP contribution in [-0.4, -0.2) is 30.4 Å². The number of piperidine rings is 1. The van der Waals surface area contributed by atoms with Crippen LogP contribution in [0.2, 0.25) is 0 Å². The molecule has 18 heavy (non-hydrogen) atoms. The Morgan fingerprint density at radius 1 is 1.44 bits per heavy atom. The Hall–Kier alpha value is -0.870. The van der Waals surface area contributed by atoms with Gasteiger partial charge in [0.15, 0.2) is 0 Å². The average Bonchev–Trinajstić information content (AvgIpc) is 2.34. The summed E-state index contributed by atoms with van der Waals surface area (Å²) in [6, 6.07) is 5.90. The lowest BCUT2D eigenvalue weighted by Gasteiger charge is -2.31. The first-order valence-electron chi connectivity index (χ1n) is 6.35. The summed E-state index contributed by atoms with van der Waals surface area (Å²) in [5, 5.41) is 3.01. The van der Waals surface area contributed by atoms with Gasteiger partial charge < -0.3 is 5.32 Å². The second-order valence-corrected chi connectivity index (χ2v) is 5.80. The second kappa shape index (κ2) is 5.85. The van der Waals surface area contributed by atoms with Crippen LogP contribution >= 0.6 is 15.9 Å². The average molecular weight is 311 g/mol.